The Morgan fingerprint density at radius 2 is 1.78 bits per heavy atom. The fourth-order valence-electron chi connectivity index (χ4n) is 2.23. The first-order valence-electron chi connectivity index (χ1n) is 5.96. The van der Waals surface area contributed by atoms with E-state index in [0.29, 0.717) is 5.92 Å². The SMILES string of the molecule is FC(F)(F)CCN1CC(Cc2ccc(Br)cc2)C1. The average molecular weight is 322 g/mol. The first kappa shape index (κ1) is 13.9. The van der Waals surface area contributed by atoms with Gasteiger partial charge >= 0.3 is 6.18 Å². The van der Waals surface area contributed by atoms with Crippen molar-refractivity contribution in [1.29, 1.82) is 0 Å². The maximum absolute atomic E-state index is 12.0. The molecule has 18 heavy (non-hydrogen) atoms. The summed E-state index contributed by atoms with van der Waals surface area (Å²) in [6.07, 6.45) is -3.77. The van der Waals surface area contributed by atoms with Gasteiger partial charge in [0.25, 0.3) is 0 Å². The second-order valence-corrected chi connectivity index (χ2v) is 5.74. The standard InChI is InChI=1S/C13H15BrF3N/c14-12-3-1-10(2-4-12)7-11-8-18(9-11)6-5-13(15,16)17/h1-4,11H,5-9H2. The van der Waals surface area contributed by atoms with E-state index in [1.807, 2.05) is 17.0 Å². The number of benzene rings is 1. The molecule has 1 saturated heterocycles. The van der Waals surface area contributed by atoms with Crippen LogP contribution in [0.3, 0.4) is 0 Å². The van der Waals surface area contributed by atoms with Crippen LogP contribution in [-0.2, 0) is 6.42 Å². The molecule has 0 spiro atoms. The van der Waals surface area contributed by atoms with E-state index in [1.54, 1.807) is 0 Å². The lowest BCUT2D eigenvalue weighted by Gasteiger charge is -2.39. The molecular weight excluding hydrogens is 307 g/mol. The third-order valence-electron chi connectivity index (χ3n) is 3.18. The Morgan fingerprint density at radius 1 is 1.17 bits per heavy atom. The Labute approximate surface area is 113 Å². The lowest BCUT2D eigenvalue weighted by atomic mass is 9.92. The van der Waals surface area contributed by atoms with Crippen molar-refractivity contribution in [2.24, 2.45) is 5.92 Å². The molecule has 2 rings (SSSR count). The van der Waals surface area contributed by atoms with Gasteiger partial charge in [-0.25, -0.2) is 0 Å². The first-order valence-corrected chi connectivity index (χ1v) is 6.75. The van der Waals surface area contributed by atoms with E-state index in [4.69, 9.17) is 0 Å². The van der Waals surface area contributed by atoms with Gasteiger partial charge in [-0.05, 0) is 30.0 Å². The van der Waals surface area contributed by atoms with E-state index < -0.39 is 12.6 Å². The molecule has 0 amide bonds. The van der Waals surface area contributed by atoms with Crippen molar-refractivity contribution in [1.82, 2.24) is 4.90 Å². The van der Waals surface area contributed by atoms with Crippen LogP contribution in [0, 0.1) is 5.92 Å². The maximum atomic E-state index is 12.0. The second-order valence-electron chi connectivity index (χ2n) is 4.82. The average Bonchev–Trinajstić information content (AvgIpc) is 2.22. The largest absolute Gasteiger partial charge is 0.390 e. The summed E-state index contributed by atoms with van der Waals surface area (Å²) in [7, 11) is 0. The predicted octanol–water partition coefficient (Wildman–Crippen LogP) is 3.88. The van der Waals surface area contributed by atoms with Crippen molar-refractivity contribution < 1.29 is 13.2 Å². The molecule has 1 nitrogen and oxygen atoms in total. The highest BCUT2D eigenvalue weighted by Crippen LogP contribution is 2.25. The van der Waals surface area contributed by atoms with Gasteiger partial charge in [0.2, 0.25) is 0 Å². The number of hydrogen-bond donors (Lipinski definition) is 0. The van der Waals surface area contributed by atoms with Gasteiger partial charge in [-0.15, -0.1) is 0 Å². The first-order chi connectivity index (χ1) is 8.42. The molecule has 1 aromatic rings. The highest BCUT2D eigenvalue weighted by molar-refractivity contribution is 9.10. The molecule has 0 unspecified atom stereocenters. The Morgan fingerprint density at radius 3 is 2.33 bits per heavy atom. The second kappa shape index (κ2) is 5.61. The molecule has 0 N–H and O–H groups in total. The summed E-state index contributed by atoms with van der Waals surface area (Å²) >= 11 is 3.38. The van der Waals surface area contributed by atoms with Crippen LogP contribution in [0.1, 0.15) is 12.0 Å². The quantitative estimate of drug-likeness (QED) is 0.813. The molecule has 1 aliphatic rings. The molecule has 0 radical (unpaired) electrons. The van der Waals surface area contributed by atoms with Crippen LogP contribution < -0.4 is 0 Å². The zero-order valence-corrected chi connectivity index (χ0v) is 11.5. The molecule has 100 valence electrons. The summed E-state index contributed by atoms with van der Waals surface area (Å²) in [6, 6.07) is 8.11. The van der Waals surface area contributed by atoms with E-state index in [1.165, 1.54) is 5.56 Å². The van der Waals surface area contributed by atoms with Crippen molar-refractivity contribution in [2.75, 3.05) is 19.6 Å². The molecule has 0 saturated carbocycles. The number of rotatable bonds is 4. The lowest BCUT2D eigenvalue weighted by Crippen LogP contribution is -2.48. The van der Waals surface area contributed by atoms with E-state index in [2.05, 4.69) is 28.1 Å². The van der Waals surface area contributed by atoms with Crippen molar-refractivity contribution in [3.8, 4) is 0 Å². The van der Waals surface area contributed by atoms with Crippen LogP contribution in [0.2, 0.25) is 0 Å². The zero-order chi connectivity index (χ0) is 13.2. The third-order valence-corrected chi connectivity index (χ3v) is 3.71. The van der Waals surface area contributed by atoms with Gasteiger partial charge in [0.15, 0.2) is 0 Å². The molecule has 1 aromatic carbocycles. The molecule has 1 heterocycles. The highest BCUT2D eigenvalue weighted by atomic mass is 79.9. The molecule has 1 fully saturated rings. The van der Waals surface area contributed by atoms with E-state index in [-0.39, 0.29) is 6.54 Å². The predicted molar refractivity (Wildman–Crippen MR) is 68.4 cm³/mol. The van der Waals surface area contributed by atoms with Crippen LogP contribution in [0.15, 0.2) is 28.7 Å². The third kappa shape index (κ3) is 4.28. The zero-order valence-electron chi connectivity index (χ0n) is 9.88. The molecule has 1 aliphatic heterocycles. The normalized spacial score (nSPS) is 17.8. The summed E-state index contributed by atoms with van der Waals surface area (Å²) in [4.78, 5) is 1.87. The van der Waals surface area contributed by atoms with Crippen molar-refractivity contribution in [3.05, 3.63) is 34.3 Å². The Kier molecular flexibility index (Phi) is 4.33. The Balaban J connectivity index is 1.68. The van der Waals surface area contributed by atoms with Gasteiger partial charge in [-0.1, -0.05) is 28.1 Å². The van der Waals surface area contributed by atoms with Gasteiger partial charge in [0, 0.05) is 24.1 Å². The summed E-state index contributed by atoms with van der Waals surface area (Å²) in [5.74, 6) is 0.499. The van der Waals surface area contributed by atoms with Crippen LogP contribution in [-0.4, -0.2) is 30.7 Å². The van der Waals surface area contributed by atoms with Crippen LogP contribution in [0.5, 0.6) is 0 Å². The van der Waals surface area contributed by atoms with E-state index in [9.17, 15) is 13.2 Å². The van der Waals surface area contributed by atoms with Gasteiger partial charge in [-0.3, -0.25) is 0 Å². The number of alkyl halides is 3. The molecular formula is C13H15BrF3N. The van der Waals surface area contributed by atoms with Crippen LogP contribution in [0.4, 0.5) is 13.2 Å². The summed E-state index contributed by atoms with van der Waals surface area (Å²) < 4.78 is 37.1. The van der Waals surface area contributed by atoms with E-state index >= 15 is 0 Å². The smallest absolute Gasteiger partial charge is 0.302 e. The molecule has 0 aliphatic carbocycles. The fraction of sp³-hybridized carbons (Fsp3) is 0.538. The lowest BCUT2D eigenvalue weighted by molar-refractivity contribution is -0.141. The minimum atomic E-state index is -4.03. The number of nitrogens with zero attached hydrogens (tertiary/aromatic N) is 1. The fourth-order valence-corrected chi connectivity index (χ4v) is 2.49. The van der Waals surface area contributed by atoms with Gasteiger partial charge < -0.3 is 4.90 Å². The molecule has 5 heteroatoms. The van der Waals surface area contributed by atoms with E-state index in [0.717, 1.165) is 24.0 Å². The Hall–Kier alpha value is -0.550. The summed E-state index contributed by atoms with van der Waals surface area (Å²) in [5, 5.41) is 0. The minimum absolute atomic E-state index is 0.139. The number of likely N-dealkylation sites (tertiary alicyclic amines) is 1. The summed E-state index contributed by atoms with van der Waals surface area (Å²) in [5.41, 5.74) is 1.25. The topological polar surface area (TPSA) is 3.24 Å². The Bertz CT molecular complexity index is 382. The van der Waals surface area contributed by atoms with Crippen molar-refractivity contribution in [3.63, 3.8) is 0 Å². The van der Waals surface area contributed by atoms with Crippen LogP contribution in [0.25, 0.3) is 0 Å². The number of halogens is 4. The maximum Gasteiger partial charge on any atom is 0.390 e. The molecule has 0 bridgehead atoms. The molecule has 0 aromatic heterocycles. The van der Waals surface area contributed by atoms with Crippen LogP contribution >= 0.6 is 15.9 Å². The minimum Gasteiger partial charge on any atom is -0.302 e. The monoisotopic (exact) mass is 321 g/mol. The van der Waals surface area contributed by atoms with Crippen molar-refractivity contribution in [2.45, 2.75) is 19.0 Å². The van der Waals surface area contributed by atoms with Gasteiger partial charge in [0.05, 0.1) is 6.42 Å². The number of hydrogen-bond acceptors (Lipinski definition) is 1. The van der Waals surface area contributed by atoms with Gasteiger partial charge in [-0.2, -0.15) is 13.2 Å². The highest BCUT2D eigenvalue weighted by Gasteiger charge is 2.32. The van der Waals surface area contributed by atoms with Gasteiger partial charge in [0.1, 0.15) is 0 Å². The summed E-state index contributed by atoms with van der Waals surface area (Å²) in [6.45, 7) is 1.71. The molecule has 0 atom stereocenters. The van der Waals surface area contributed by atoms with Crippen molar-refractivity contribution >= 4 is 15.9 Å².